The van der Waals surface area contributed by atoms with Crippen LogP contribution < -0.4 is 9.64 Å². The molecule has 1 aliphatic rings. The zero-order chi connectivity index (χ0) is 26.5. The summed E-state index contributed by atoms with van der Waals surface area (Å²) in [6.45, 7) is 4.23. The smallest absolute Gasteiger partial charge is 0.312 e. The Kier molecular flexibility index (Phi) is 8.52. The lowest BCUT2D eigenvalue weighted by Crippen LogP contribution is -2.32. The number of benzene rings is 3. The SMILES string of the molecule is Cc1ccc(Oc2ccc(N3C[C@H](C(=O)O[C@H](CCCl)C(=O)c4ccc(Cl)cc4)CC3=O)cc2)cc1C. The quantitative estimate of drug-likeness (QED) is 0.175. The summed E-state index contributed by atoms with van der Waals surface area (Å²) < 4.78 is 11.5. The Morgan fingerprint density at radius 3 is 2.30 bits per heavy atom. The molecule has 4 rings (SSSR count). The van der Waals surface area contributed by atoms with Crippen LogP contribution in [0, 0.1) is 19.8 Å². The molecule has 0 unspecified atom stereocenters. The number of anilines is 1. The summed E-state index contributed by atoms with van der Waals surface area (Å²) in [6, 6.07) is 19.4. The molecule has 37 heavy (non-hydrogen) atoms. The van der Waals surface area contributed by atoms with Crippen LogP contribution in [0.4, 0.5) is 5.69 Å². The van der Waals surface area contributed by atoms with E-state index in [1.165, 1.54) is 5.56 Å². The average Bonchev–Trinajstić information content (AvgIpc) is 3.28. The molecular weight excluding hydrogens is 513 g/mol. The zero-order valence-electron chi connectivity index (χ0n) is 20.6. The van der Waals surface area contributed by atoms with E-state index in [-0.39, 0.29) is 37.0 Å². The van der Waals surface area contributed by atoms with Gasteiger partial charge in [0, 0.05) is 41.5 Å². The minimum atomic E-state index is -1.03. The lowest BCUT2D eigenvalue weighted by atomic mass is 10.0. The summed E-state index contributed by atoms with van der Waals surface area (Å²) in [6.07, 6.45) is -0.860. The molecular formula is C29H27Cl2NO5. The van der Waals surface area contributed by atoms with Crippen LogP contribution in [0.2, 0.25) is 5.02 Å². The Balaban J connectivity index is 1.39. The van der Waals surface area contributed by atoms with Crippen molar-refractivity contribution >= 4 is 46.5 Å². The highest BCUT2D eigenvalue weighted by Crippen LogP contribution is 2.30. The van der Waals surface area contributed by atoms with Crippen LogP contribution in [-0.4, -0.2) is 36.2 Å². The molecule has 1 amide bonds. The summed E-state index contributed by atoms with van der Waals surface area (Å²) in [5.41, 5.74) is 3.35. The fourth-order valence-electron chi connectivity index (χ4n) is 4.10. The van der Waals surface area contributed by atoms with Gasteiger partial charge in [-0.15, -0.1) is 11.6 Å². The summed E-state index contributed by atoms with van der Waals surface area (Å²) in [4.78, 5) is 40.1. The minimum absolute atomic E-state index is 0.00244. The van der Waals surface area contributed by atoms with E-state index in [0.29, 0.717) is 22.0 Å². The summed E-state index contributed by atoms with van der Waals surface area (Å²) in [5.74, 6) is -0.315. The maximum Gasteiger partial charge on any atom is 0.312 e. The third-order valence-corrected chi connectivity index (χ3v) is 6.84. The second-order valence-corrected chi connectivity index (χ2v) is 9.84. The van der Waals surface area contributed by atoms with Gasteiger partial charge in [-0.2, -0.15) is 0 Å². The van der Waals surface area contributed by atoms with Crippen molar-refractivity contribution in [2.75, 3.05) is 17.3 Å². The zero-order valence-corrected chi connectivity index (χ0v) is 22.1. The Hall–Kier alpha value is -3.35. The lowest BCUT2D eigenvalue weighted by Gasteiger charge is -2.19. The lowest BCUT2D eigenvalue weighted by molar-refractivity contribution is -0.151. The van der Waals surface area contributed by atoms with Gasteiger partial charge in [-0.25, -0.2) is 0 Å². The van der Waals surface area contributed by atoms with Gasteiger partial charge in [0.25, 0.3) is 0 Å². The number of aryl methyl sites for hydroxylation is 2. The second kappa shape index (κ2) is 11.8. The minimum Gasteiger partial charge on any atom is -0.457 e. The molecule has 0 spiro atoms. The molecule has 3 aromatic carbocycles. The molecule has 0 aromatic heterocycles. The number of ketones is 1. The van der Waals surface area contributed by atoms with Gasteiger partial charge in [0.1, 0.15) is 11.5 Å². The number of hydrogen-bond acceptors (Lipinski definition) is 5. The molecule has 0 bridgehead atoms. The molecule has 1 saturated heterocycles. The van der Waals surface area contributed by atoms with Crippen molar-refractivity contribution < 1.29 is 23.9 Å². The third kappa shape index (κ3) is 6.51. The van der Waals surface area contributed by atoms with Crippen molar-refractivity contribution in [1.82, 2.24) is 0 Å². The van der Waals surface area contributed by atoms with Crippen LogP contribution in [0.15, 0.2) is 66.7 Å². The molecule has 0 saturated carbocycles. The molecule has 6 nitrogen and oxygen atoms in total. The highest BCUT2D eigenvalue weighted by molar-refractivity contribution is 6.30. The fourth-order valence-corrected chi connectivity index (χ4v) is 4.43. The van der Waals surface area contributed by atoms with Crippen molar-refractivity contribution in [2.45, 2.75) is 32.8 Å². The van der Waals surface area contributed by atoms with Crippen LogP contribution in [-0.2, 0) is 14.3 Å². The second-order valence-electron chi connectivity index (χ2n) is 9.02. The average molecular weight is 540 g/mol. The first kappa shape index (κ1) is 26.7. The maximum atomic E-state index is 12.9. The number of carbonyl (C=O) groups is 3. The predicted molar refractivity (Wildman–Crippen MR) is 144 cm³/mol. The van der Waals surface area contributed by atoms with Crippen LogP contribution >= 0.6 is 23.2 Å². The highest BCUT2D eigenvalue weighted by atomic mass is 35.5. The number of rotatable bonds is 9. The first-order valence-corrected chi connectivity index (χ1v) is 12.9. The Labute approximate surface area is 226 Å². The van der Waals surface area contributed by atoms with E-state index in [9.17, 15) is 14.4 Å². The van der Waals surface area contributed by atoms with Crippen LogP contribution in [0.3, 0.4) is 0 Å². The van der Waals surface area contributed by atoms with Gasteiger partial charge in [-0.3, -0.25) is 14.4 Å². The van der Waals surface area contributed by atoms with Crippen molar-refractivity contribution in [2.24, 2.45) is 5.92 Å². The van der Waals surface area contributed by atoms with Gasteiger partial charge in [0.15, 0.2) is 6.10 Å². The first-order chi connectivity index (χ1) is 17.7. The van der Waals surface area contributed by atoms with E-state index in [1.807, 2.05) is 32.0 Å². The standard InChI is InChI=1S/C29H27Cl2NO5/c1-18-3-10-25(15-19(18)2)36-24-11-8-23(9-12-24)32-17-21(16-27(32)33)29(35)37-26(13-14-30)28(34)20-4-6-22(31)7-5-20/h3-12,15,21,26H,13-14,16-17H2,1-2H3/t21-,26-/m1/s1. The molecule has 8 heteroatoms. The number of carbonyl (C=O) groups excluding carboxylic acids is 3. The van der Waals surface area contributed by atoms with Crippen molar-refractivity contribution in [3.63, 3.8) is 0 Å². The molecule has 3 aromatic rings. The highest BCUT2D eigenvalue weighted by Gasteiger charge is 2.38. The normalized spacial score (nSPS) is 15.9. The van der Waals surface area contributed by atoms with E-state index in [0.717, 1.165) is 11.3 Å². The van der Waals surface area contributed by atoms with Crippen LogP contribution in [0.5, 0.6) is 11.5 Å². The number of esters is 1. The number of Topliss-reactive ketones (excluding diaryl/α,β-unsaturated/α-hetero) is 1. The number of alkyl halides is 1. The van der Waals surface area contributed by atoms with E-state index in [1.54, 1.807) is 53.4 Å². The number of amides is 1. The molecule has 192 valence electrons. The monoisotopic (exact) mass is 539 g/mol. The Morgan fingerprint density at radius 2 is 1.65 bits per heavy atom. The van der Waals surface area contributed by atoms with Gasteiger partial charge in [0.05, 0.1) is 5.92 Å². The van der Waals surface area contributed by atoms with Gasteiger partial charge < -0.3 is 14.4 Å². The van der Waals surface area contributed by atoms with Crippen molar-refractivity contribution in [1.29, 1.82) is 0 Å². The third-order valence-electron chi connectivity index (χ3n) is 6.37. The number of ether oxygens (including phenoxy) is 2. The summed E-state index contributed by atoms with van der Waals surface area (Å²) in [7, 11) is 0. The predicted octanol–water partition coefficient (Wildman–Crippen LogP) is 6.53. The molecule has 2 atom stereocenters. The van der Waals surface area contributed by atoms with Crippen molar-refractivity contribution in [3.8, 4) is 11.5 Å². The molecule has 1 aliphatic heterocycles. The van der Waals surface area contributed by atoms with E-state index >= 15 is 0 Å². The van der Waals surface area contributed by atoms with Gasteiger partial charge in [-0.1, -0.05) is 17.7 Å². The van der Waals surface area contributed by atoms with E-state index < -0.39 is 18.0 Å². The van der Waals surface area contributed by atoms with Gasteiger partial charge in [-0.05, 0) is 85.6 Å². The van der Waals surface area contributed by atoms with Crippen molar-refractivity contribution in [3.05, 3.63) is 88.4 Å². The molecule has 0 radical (unpaired) electrons. The summed E-state index contributed by atoms with van der Waals surface area (Å²) >= 11 is 11.8. The Bertz CT molecular complexity index is 1290. The van der Waals surface area contributed by atoms with Gasteiger partial charge >= 0.3 is 5.97 Å². The number of nitrogens with zero attached hydrogens (tertiary/aromatic N) is 1. The number of halogens is 2. The molecule has 1 fully saturated rings. The van der Waals surface area contributed by atoms with Crippen LogP contribution in [0.1, 0.15) is 34.3 Å². The summed E-state index contributed by atoms with van der Waals surface area (Å²) in [5, 5.41) is 0.497. The van der Waals surface area contributed by atoms with E-state index in [2.05, 4.69) is 0 Å². The van der Waals surface area contributed by atoms with Gasteiger partial charge in [0.2, 0.25) is 11.7 Å². The first-order valence-electron chi connectivity index (χ1n) is 12.0. The fraction of sp³-hybridized carbons (Fsp3) is 0.276. The molecule has 1 heterocycles. The maximum absolute atomic E-state index is 12.9. The molecule has 0 aliphatic carbocycles. The molecule has 0 N–H and O–H groups in total. The number of hydrogen-bond donors (Lipinski definition) is 0. The van der Waals surface area contributed by atoms with Crippen LogP contribution in [0.25, 0.3) is 0 Å². The Morgan fingerprint density at radius 1 is 0.973 bits per heavy atom. The topological polar surface area (TPSA) is 72.9 Å². The largest absolute Gasteiger partial charge is 0.457 e. The van der Waals surface area contributed by atoms with E-state index in [4.69, 9.17) is 32.7 Å².